The number of rotatable bonds is 1. The Morgan fingerprint density at radius 2 is 2.33 bits per heavy atom. The predicted octanol–water partition coefficient (Wildman–Crippen LogP) is 0.0579. The van der Waals surface area contributed by atoms with Crippen molar-refractivity contribution in [3.63, 3.8) is 0 Å². The summed E-state index contributed by atoms with van der Waals surface area (Å²) in [5, 5.41) is 0. The molecule has 0 aliphatic rings. The molecule has 50 valence electrons. The van der Waals surface area contributed by atoms with Crippen molar-refractivity contribution in [1.82, 2.24) is 9.97 Å². The van der Waals surface area contributed by atoms with Crippen LogP contribution >= 0.6 is 0 Å². The molecule has 0 spiro atoms. The summed E-state index contributed by atoms with van der Waals surface area (Å²) < 4.78 is 0. The van der Waals surface area contributed by atoms with Crippen molar-refractivity contribution in [2.75, 3.05) is 24.7 Å². The second-order valence-electron chi connectivity index (χ2n) is 2.05. The molecule has 4 nitrogen and oxygen atoms in total. The molecule has 1 rings (SSSR count). The summed E-state index contributed by atoms with van der Waals surface area (Å²) in [6, 6.07) is 0. The number of hydrogen-bond donors (Lipinski definition) is 2. The average molecular weight is 126 g/mol. The highest BCUT2D eigenvalue weighted by Gasteiger charge is 1.95. The van der Waals surface area contributed by atoms with E-state index in [1.807, 2.05) is 19.0 Å². The fourth-order valence-electron chi connectivity index (χ4n) is 0.554. The fourth-order valence-corrected chi connectivity index (χ4v) is 0.554. The van der Waals surface area contributed by atoms with E-state index in [4.69, 9.17) is 5.73 Å². The lowest BCUT2D eigenvalue weighted by Crippen LogP contribution is -2.08. The van der Waals surface area contributed by atoms with Gasteiger partial charge in [-0.25, -0.2) is 4.98 Å². The maximum atomic E-state index is 5.32. The molecule has 4 heteroatoms. The summed E-state index contributed by atoms with van der Waals surface area (Å²) >= 11 is 0. The molecule has 0 aromatic carbocycles. The number of nitrogens with one attached hydrogen (secondary N) is 1. The van der Waals surface area contributed by atoms with Gasteiger partial charge in [0.15, 0.2) is 5.95 Å². The summed E-state index contributed by atoms with van der Waals surface area (Å²) in [5.41, 5.74) is 5.32. The number of aromatic nitrogens is 2. The maximum Gasteiger partial charge on any atom is 0.199 e. The monoisotopic (exact) mass is 126 g/mol. The zero-order valence-electron chi connectivity index (χ0n) is 5.55. The van der Waals surface area contributed by atoms with Crippen molar-refractivity contribution in [2.24, 2.45) is 0 Å². The van der Waals surface area contributed by atoms with Crippen molar-refractivity contribution >= 4 is 11.8 Å². The first-order valence-electron chi connectivity index (χ1n) is 2.68. The first-order valence-corrected chi connectivity index (χ1v) is 2.68. The molecule has 0 fully saturated rings. The van der Waals surface area contributed by atoms with Crippen LogP contribution in [0.4, 0.5) is 11.8 Å². The third-order valence-corrected chi connectivity index (χ3v) is 1.06. The van der Waals surface area contributed by atoms with Crippen LogP contribution in [0.1, 0.15) is 0 Å². The Labute approximate surface area is 53.7 Å². The summed E-state index contributed by atoms with van der Waals surface area (Å²) in [4.78, 5) is 8.59. The van der Waals surface area contributed by atoms with E-state index in [9.17, 15) is 0 Å². The first kappa shape index (κ1) is 5.94. The highest BCUT2D eigenvalue weighted by atomic mass is 15.2. The molecule has 0 aliphatic heterocycles. The average Bonchev–Trinajstić information content (AvgIpc) is 2.14. The molecule has 0 radical (unpaired) electrons. The summed E-state index contributed by atoms with van der Waals surface area (Å²) in [5.74, 6) is 1.38. The molecule has 0 unspecified atom stereocenters. The van der Waals surface area contributed by atoms with E-state index >= 15 is 0 Å². The van der Waals surface area contributed by atoms with Crippen LogP contribution in [0.5, 0.6) is 0 Å². The summed E-state index contributed by atoms with van der Waals surface area (Å²) in [6.45, 7) is 0. The second-order valence-corrected chi connectivity index (χ2v) is 2.05. The van der Waals surface area contributed by atoms with Crippen molar-refractivity contribution in [2.45, 2.75) is 0 Å². The van der Waals surface area contributed by atoms with Gasteiger partial charge in [0.05, 0.1) is 6.20 Å². The van der Waals surface area contributed by atoms with Gasteiger partial charge in [-0.2, -0.15) is 0 Å². The van der Waals surface area contributed by atoms with Gasteiger partial charge in [0.25, 0.3) is 0 Å². The predicted molar refractivity (Wildman–Crippen MR) is 37.3 cm³/mol. The van der Waals surface area contributed by atoms with E-state index in [1.165, 1.54) is 0 Å². The Kier molecular flexibility index (Phi) is 1.30. The Bertz CT molecular complexity index is 191. The van der Waals surface area contributed by atoms with E-state index in [0.29, 0.717) is 5.95 Å². The number of nitrogens with two attached hydrogens (primary N) is 1. The summed E-state index contributed by atoms with van der Waals surface area (Å²) in [7, 11) is 3.85. The zero-order chi connectivity index (χ0) is 6.85. The molecule has 0 amide bonds. The quantitative estimate of drug-likeness (QED) is 0.559. The van der Waals surface area contributed by atoms with E-state index in [-0.39, 0.29) is 0 Å². The normalized spacial score (nSPS) is 9.56. The Balaban J connectivity index is 2.85. The third kappa shape index (κ3) is 1.13. The molecule has 9 heavy (non-hydrogen) atoms. The SMILES string of the molecule is CN(C)c1cnc(N)[nH]1. The van der Waals surface area contributed by atoms with Crippen LogP contribution < -0.4 is 10.6 Å². The zero-order valence-corrected chi connectivity index (χ0v) is 5.55. The van der Waals surface area contributed by atoms with E-state index < -0.39 is 0 Å². The van der Waals surface area contributed by atoms with Gasteiger partial charge in [-0.05, 0) is 0 Å². The van der Waals surface area contributed by atoms with Crippen LogP contribution in [0.3, 0.4) is 0 Å². The smallest absolute Gasteiger partial charge is 0.199 e. The molecular formula is C5H10N4. The number of aromatic amines is 1. The van der Waals surface area contributed by atoms with Crippen molar-refractivity contribution in [3.05, 3.63) is 6.20 Å². The van der Waals surface area contributed by atoms with E-state index in [1.54, 1.807) is 6.20 Å². The van der Waals surface area contributed by atoms with Crippen LogP contribution in [0.15, 0.2) is 6.20 Å². The topological polar surface area (TPSA) is 57.9 Å². The van der Waals surface area contributed by atoms with E-state index in [2.05, 4.69) is 9.97 Å². The fraction of sp³-hybridized carbons (Fsp3) is 0.400. The summed E-state index contributed by atoms with van der Waals surface area (Å²) in [6.07, 6.45) is 1.69. The molecule has 0 saturated heterocycles. The van der Waals surface area contributed by atoms with Crippen LogP contribution in [0, 0.1) is 0 Å². The minimum atomic E-state index is 0.457. The minimum Gasteiger partial charge on any atom is -0.369 e. The van der Waals surface area contributed by atoms with Gasteiger partial charge in [0.2, 0.25) is 0 Å². The van der Waals surface area contributed by atoms with Crippen molar-refractivity contribution in [1.29, 1.82) is 0 Å². The Hall–Kier alpha value is -1.19. The van der Waals surface area contributed by atoms with Gasteiger partial charge in [-0.15, -0.1) is 0 Å². The Morgan fingerprint density at radius 1 is 1.67 bits per heavy atom. The molecule has 1 aromatic rings. The number of hydrogen-bond acceptors (Lipinski definition) is 3. The second kappa shape index (κ2) is 1.97. The third-order valence-electron chi connectivity index (χ3n) is 1.06. The first-order chi connectivity index (χ1) is 4.20. The van der Waals surface area contributed by atoms with Crippen LogP contribution in [-0.4, -0.2) is 24.1 Å². The maximum absolute atomic E-state index is 5.32. The van der Waals surface area contributed by atoms with Crippen molar-refractivity contribution in [3.8, 4) is 0 Å². The molecule has 0 saturated carbocycles. The molecule has 1 aromatic heterocycles. The molecule has 1 heterocycles. The van der Waals surface area contributed by atoms with Crippen LogP contribution in [-0.2, 0) is 0 Å². The van der Waals surface area contributed by atoms with Crippen LogP contribution in [0.25, 0.3) is 0 Å². The number of imidazole rings is 1. The molecular weight excluding hydrogens is 116 g/mol. The lowest BCUT2D eigenvalue weighted by molar-refractivity contribution is 1.09. The number of nitrogens with zero attached hydrogens (tertiary/aromatic N) is 2. The van der Waals surface area contributed by atoms with Gasteiger partial charge in [0.1, 0.15) is 5.82 Å². The van der Waals surface area contributed by atoms with E-state index in [0.717, 1.165) is 5.82 Å². The number of anilines is 2. The van der Waals surface area contributed by atoms with Gasteiger partial charge < -0.3 is 15.6 Å². The standard InChI is InChI=1S/C5H10N4/c1-9(2)4-3-7-5(6)8-4/h3H,1-2H3,(H3,6,7,8). The van der Waals surface area contributed by atoms with Gasteiger partial charge in [-0.1, -0.05) is 0 Å². The van der Waals surface area contributed by atoms with Gasteiger partial charge >= 0.3 is 0 Å². The molecule has 0 aliphatic carbocycles. The molecule has 0 bridgehead atoms. The van der Waals surface area contributed by atoms with Crippen LogP contribution in [0.2, 0.25) is 0 Å². The molecule has 3 N–H and O–H groups in total. The number of H-pyrrole nitrogens is 1. The minimum absolute atomic E-state index is 0.457. The van der Waals surface area contributed by atoms with Gasteiger partial charge in [0, 0.05) is 14.1 Å². The highest BCUT2D eigenvalue weighted by molar-refractivity contribution is 5.39. The lowest BCUT2D eigenvalue weighted by atomic mass is 10.7. The number of nitrogen functional groups attached to an aromatic ring is 1. The Morgan fingerprint density at radius 3 is 2.56 bits per heavy atom. The lowest BCUT2D eigenvalue weighted by Gasteiger charge is -2.06. The largest absolute Gasteiger partial charge is 0.369 e. The van der Waals surface area contributed by atoms with Gasteiger partial charge in [-0.3, -0.25) is 0 Å². The van der Waals surface area contributed by atoms with Crippen molar-refractivity contribution < 1.29 is 0 Å². The highest BCUT2D eigenvalue weighted by Crippen LogP contribution is 2.06. The molecule has 0 atom stereocenters.